The molecule has 0 fully saturated rings. The Balaban J connectivity index is 3.21. The van der Waals surface area contributed by atoms with E-state index in [2.05, 4.69) is 10.2 Å². The molecule has 0 aromatic heterocycles. The summed E-state index contributed by atoms with van der Waals surface area (Å²) in [6.45, 7) is 1.76. The van der Waals surface area contributed by atoms with Crippen LogP contribution in [0.3, 0.4) is 0 Å². The van der Waals surface area contributed by atoms with E-state index in [0.717, 1.165) is 5.56 Å². The van der Waals surface area contributed by atoms with E-state index in [1.165, 1.54) is 12.1 Å². The van der Waals surface area contributed by atoms with Crippen molar-refractivity contribution in [2.24, 2.45) is 10.2 Å². The van der Waals surface area contributed by atoms with Gasteiger partial charge in [0.15, 0.2) is 0 Å². The standard InChI is InChI=1S/C8H6N2O2/c1-6-2-3-7(9-5-11)4-8(6)10-12/h2-4H,1H3. The quantitative estimate of drug-likeness (QED) is 0.380. The van der Waals surface area contributed by atoms with Gasteiger partial charge in [0.2, 0.25) is 6.08 Å². The number of nitrogens with zero attached hydrogens (tertiary/aromatic N) is 2. The normalized spacial score (nSPS) is 8.75. The fourth-order valence-corrected chi connectivity index (χ4v) is 0.818. The van der Waals surface area contributed by atoms with Crippen molar-refractivity contribution < 1.29 is 4.79 Å². The van der Waals surface area contributed by atoms with E-state index >= 15 is 0 Å². The van der Waals surface area contributed by atoms with Gasteiger partial charge < -0.3 is 0 Å². The van der Waals surface area contributed by atoms with Gasteiger partial charge >= 0.3 is 0 Å². The summed E-state index contributed by atoms with van der Waals surface area (Å²) in [5, 5.41) is 2.77. The monoisotopic (exact) mass is 162 g/mol. The third kappa shape index (κ3) is 1.62. The first-order valence-corrected chi connectivity index (χ1v) is 3.30. The van der Waals surface area contributed by atoms with Crippen molar-refractivity contribution >= 4 is 17.5 Å². The van der Waals surface area contributed by atoms with E-state index < -0.39 is 0 Å². The van der Waals surface area contributed by atoms with Crippen LogP contribution in [0.1, 0.15) is 5.56 Å². The van der Waals surface area contributed by atoms with Crippen LogP contribution in [-0.4, -0.2) is 6.08 Å². The molecule has 0 radical (unpaired) electrons. The SMILES string of the molecule is Cc1ccc(N=C=O)cc1N=O. The molecule has 1 aromatic rings. The minimum Gasteiger partial charge on any atom is -0.211 e. The van der Waals surface area contributed by atoms with Crippen molar-refractivity contribution in [1.29, 1.82) is 0 Å². The zero-order valence-corrected chi connectivity index (χ0v) is 6.44. The van der Waals surface area contributed by atoms with Crippen LogP contribution in [0.2, 0.25) is 0 Å². The van der Waals surface area contributed by atoms with E-state index in [0.29, 0.717) is 11.4 Å². The summed E-state index contributed by atoms with van der Waals surface area (Å²) in [5.74, 6) is 0. The molecule has 1 rings (SSSR count). The highest BCUT2D eigenvalue weighted by atomic mass is 16.3. The fraction of sp³-hybridized carbons (Fsp3) is 0.125. The third-order valence-electron chi connectivity index (χ3n) is 1.47. The number of isocyanates is 1. The van der Waals surface area contributed by atoms with Gasteiger partial charge in [-0.05, 0) is 29.8 Å². The van der Waals surface area contributed by atoms with Gasteiger partial charge in [0.1, 0.15) is 5.69 Å². The first-order valence-electron chi connectivity index (χ1n) is 3.30. The third-order valence-corrected chi connectivity index (χ3v) is 1.47. The van der Waals surface area contributed by atoms with Crippen LogP contribution in [0.25, 0.3) is 0 Å². The Morgan fingerprint density at radius 3 is 2.75 bits per heavy atom. The van der Waals surface area contributed by atoms with Crippen molar-refractivity contribution in [3.63, 3.8) is 0 Å². The van der Waals surface area contributed by atoms with Crippen LogP contribution in [0, 0.1) is 11.8 Å². The molecule has 0 atom stereocenters. The highest BCUT2D eigenvalue weighted by Crippen LogP contribution is 2.23. The number of hydrogen-bond acceptors (Lipinski definition) is 4. The molecule has 0 saturated carbocycles. The van der Waals surface area contributed by atoms with Crippen molar-refractivity contribution in [2.75, 3.05) is 0 Å². The summed E-state index contributed by atoms with van der Waals surface area (Å²) >= 11 is 0. The number of benzene rings is 1. The Kier molecular flexibility index (Phi) is 2.46. The highest BCUT2D eigenvalue weighted by Gasteiger charge is 1.98. The van der Waals surface area contributed by atoms with Crippen molar-refractivity contribution in [1.82, 2.24) is 0 Å². The average molecular weight is 162 g/mol. The molecule has 0 spiro atoms. The van der Waals surface area contributed by atoms with E-state index in [1.807, 2.05) is 0 Å². The van der Waals surface area contributed by atoms with Crippen LogP contribution in [0.4, 0.5) is 11.4 Å². The van der Waals surface area contributed by atoms with Gasteiger partial charge in [-0.25, -0.2) is 4.79 Å². The molecule has 0 aliphatic carbocycles. The topological polar surface area (TPSA) is 58.9 Å². The van der Waals surface area contributed by atoms with Crippen molar-refractivity contribution in [2.45, 2.75) is 6.92 Å². The largest absolute Gasteiger partial charge is 0.240 e. The number of nitroso groups, excluding NO2 is 1. The lowest BCUT2D eigenvalue weighted by atomic mass is 10.2. The fourth-order valence-electron chi connectivity index (χ4n) is 0.818. The number of aliphatic imine (C=N–C) groups is 1. The number of carbonyl (C=O) groups excluding carboxylic acids is 1. The maximum absolute atomic E-state index is 10.2. The molecule has 1 aromatic carbocycles. The minimum atomic E-state index is 0.298. The molecule has 4 nitrogen and oxygen atoms in total. The van der Waals surface area contributed by atoms with Gasteiger partial charge in [0.05, 0.1) is 5.69 Å². The second-order valence-corrected chi connectivity index (χ2v) is 2.27. The summed E-state index contributed by atoms with van der Waals surface area (Å²) in [7, 11) is 0. The van der Waals surface area contributed by atoms with Gasteiger partial charge in [-0.2, -0.15) is 4.99 Å². The lowest BCUT2D eigenvalue weighted by molar-refractivity contribution is 0.565. The summed E-state index contributed by atoms with van der Waals surface area (Å²) in [6.07, 6.45) is 1.39. The van der Waals surface area contributed by atoms with Crippen LogP contribution in [0.15, 0.2) is 28.4 Å². The summed E-state index contributed by atoms with van der Waals surface area (Å²) in [5.41, 5.74) is 1.45. The first kappa shape index (κ1) is 8.30. The zero-order valence-electron chi connectivity index (χ0n) is 6.44. The van der Waals surface area contributed by atoms with E-state index in [1.54, 1.807) is 19.1 Å². The molecule has 0 amide bonds. The molecule has 4 heteroatoms. The number of aryl methyl sites for hydroxylation is 1. The Labute approximate surface area is 68.9 Å². The Bertz CT molecular complexity index is 354. The van der Waals surface area contributed by atoms with Crippen LogP contribution in [-0.2, 0) is 4.79 Å². The van der Waals surface area contributed by atoms with E-state index in [-0.39, 0.29) is 0 Å². The number of rotatable bonds is 2. The second-order valence-electron chi connectivity index (χ2n) is 2.27. The van der Waals surface area contributed by atoms with Crippen LogP contribution >= 0.6 is 0 Å². The van der Waals surface area contributed by atoms with Crippen LogP contribution in [0.5, 0.6) is 0 Å². The maximum Gasteiger partial charge on any atom is 0.240 e. The lowest BCUT2D eigenvalue weighted by Gasteiger charge is -1.95. The molecule has 0 N–H and O–H groups in total. The molecule has 12 heavy (non-hydrogen) atoms. The average Bonchev–Trinajstić information content (AvgIpc) is 2.09. The Morgan fingerprint density at radius 2 is 2.17 bits per heavy atom. The minimum absolute atomic E-state index is 0.298. The Hall–Kier alpha value is -1.80. The van der Waals surface area contributed by atoms with Gasteiger partial charge in [-0.15, -0.1) is 4.91 Å². The van der Waals surface area contributed by atoms with Crippen molar-refractivity contribution in [3.05, 3.63) is 28.7 Å². The highest BCUT2D eigenvalue weighted by molar-refractivity contribution is 5.58. The molecule has 0 heterocycles. The molecule has 0 bridgehead atoms. The molecule has 0 aliphatic heterocycles. The molecule has 0 aliphatic rings. The summed E-state index contributed by atoms with van der Waals surface area (Å²) < 4.78 is 0. The predicted octanol–water partition coefficient (Wildman–Crippen LogP) is 2.36. The predicted molar refractivity (Wildman–Crippen MR) is 44.4 cm³/mol. The van der Waals surface area contributed by atoms with Gasteiger partial charge in [0, 0.05) is 0 Å². The van der Waals surface area contributed by atoms with E-state index in [4.69, 9.17) is 0 Å². The van der Waals surface area contributed by atoms with Crippen LogP contribution < -0.4 is 0 Å². The molecular formula is C8H6N2O2. The second kappa shape index (κ2) is 3.55. The molecule has 60 valence electrons. The Morgan fingerprint density at radius 1 is 1.42 bits per heavy atom. The van der Waals surface area contributed by atoms with Gasteiger partial charge in [-0.3, -0.25) is 0 Å². The van der Waals surface area contributed by atoms with Gasteiger partial charge in [-0.1, -0.05) is 6.07 Å². The summed E-state index contributed by atoms with van der Waals surface area (Å²) in [4.78, 5) is 23.4. The smallest absolute Gasteiger partial charge is 0.211 e. The van der Waals surface area contributed by atoms with Gasteiger partial charge in [0.25, 0.3) is 0 Å². The van der Waals surface area contributed by atoms with E-state index in [9.17, 15) is 9.70 Å². The molecule has 0 unspecified atom stereocenters. The first-order chi connectivity index (χ1) is 5.77. The molecule has 0 saturated heterocycles. The summed E-state index contributed by atoms with van der Waals surface area (Å²) in [6, 6.07) is 4.73. The maximum atomic E-state index is 10.2. The van der Waals surface area contributed by atoms with Crippen molar-refractivity contribution in [3.8, 4) is 0 Å². The number of hydrogen-bond donors (Lipinski definition) is 0. The zero-order chi connectivity index (χ0) is 8.97. The lowest BCUT2D eigenvalue weighted by Crippen LogP contribution is -1.72. The molecular weight excluding hydrogens is 156 g/mol.